The van der Waals surface area contributed by atoms with Crippen LogP contribution in [0.3, 0.4) is 0 Å². The Hall–Kier alpha value is -2.48. The summed E-state index contributed by atoms with van der Waals surface area (Å²) in [6, 6.07) is 16.8. The Morgan fingerprint density at radius 1 is 0.900 bits per heavy atom. The Morgan fingerprint density at radius 2 is 1.75 bits per heavy atom. The van der Waals surface area contributed by atoms with Gasteiger partial charge in [-0.3, -0.25) is 4.98 Å². The first-order valence-corrected chi connectivity index (χ1v) is 6.72. The van der Waals surface area contributed by atoms with Gasteiger partial charge in [0.25, 0.3) is 0 Å². The molecule has 0 radical (unpaired) electrons. The molecule has 0 saturated carbocycles. The van der Waals surface area contributed by atoms with Crippen molar-refractivity contribution in [3.05, 3.63) is 72.7 Å². The summed E-state index contributed by atoms with van der Waals surface area (Å²) in [7, 11) is 2.08. The van der Waals surface area contributed by atoms with Crippen LogP contribution in [0.15, 0.2) is 67.1 Å². The summed E-state index contributed by atoms with van der Waals surface area (Å²) < 4.78 is 2.17. The molecular weight excluding hydrogens is 244 g/mol. The molecule has 0 amide bonds. The molecule has 2 nitrogen and oxygen atoms in total. The van der Waals surface area contributed by atoms with Gasteiger partial charge in [0.1, 0.15) is 7.05 Å². The summed E-state index contributed by atoms with van der Waals surface area (Å²) in [5.74, 6) is 0. The highest BCUT2D eigenvalue weighted by Gasteiger charge is 2.13. The van der Waals surface area contributed by atoms with Gasteiger partial charge >= 0.3 is 0 Å². The lowest BCUT2D eigenvalue weighted by atomic mass is 10.0. The van der Waals surface area contributed by atoms with Gasteiger partial charge < -0.3 is 0 Å². The highest BCUT2D eigenvalue weighted by molar-refractivity contribution is 5.65. The second kappa shape index (κ2) is 5.25. The van der Waals surface area contributed by atoms with Crippen LogP contribution in [0.5, 0.6) is 0 Å². The largest absolute Gasteiger partial charge is 0.264 e. The van der Waals surface area contributed by atoms with Crippen LogP contribution < -0.4 is 4.57 Å². The summed E-state index contributed by atoms with van der Waals surface area (Å²) in [5, 5.41) is 0. The van der Waals surface area contributed by atoms with Crippen LogP contribution in [0.1, 0.15) is 5.56 Å². The van der Waals surface area contributed by atoms with E-state index in [9.17, 15) is 0 Å². The van der Waals surface area contributed by atoms with Crippen molar-refractivity contribution in [2.45, 2.75) is 6.92 Å². The predicted octanol–water partition coefficient (Wildman–Crippen LogP) is 3.55. The number of aryl methyl sites for hydroxylation is 2. The molecular formula is C18H17N2+. The summed E-state index contributed by atoms with van der Waals surface area (Å²) >= 11 is 0. The third-order valence-corrected chi connectivity index (χ3v) is 3.55. The van der Waals surface area contributed by atoms with E-state index in [1.165, 1.54) is 22.4 Å². The fraction of sp³-hybridized carbons (Fsp3) is 0.111. The maximum Gasteiger partial charge on any atom is 0.212 e. The lowest BCUT2D eigenvalue weighted by molar-refractivity contribution is -0.659. The zero-order valence-electron chi connectivity index (χ0n) is 11.7. The maximum atomic E-state index is 4.18. The highest BCUT2D eigenvalue weighted by Crippen LogP contribution is 2.22. The van der Waals surface area contributed by atoms with Gasteiger partial charge in [-0.2, -0.15) is 0 Å². The van der Waals surface area contributed by atoms with Gasteiger partial charge in [0.05, 0.1) is 0 Å². The quantitative estimate of drug-likeness (QED) is 0.645. The Bertz CT molecular complexity index is 733. The third-order valence-electron chi connectivity index (χ3n) is 3.55. The van der Waals surface area contributed by atoms with Crippen LogP contribution in [0.4, 0.5) is 0 Å². The molecule has 0 unspecified atom stereocenters. The van der Waals surface area contributed by atoms with Crippen LogP contribution in [-0.2, 0) is 7.05 Å². The first-order chi connectivity index (χ1) is 9.75. The highest BCUT2D eigenvalue weighted by atomic mass is 14.9. The number of pyridine rings is 2. The molecule has 0 fully saturated rings. The van der Waals surface area contributed by atoms with Gasteiger partial charge in [-0.25, -0.2) is 4.57 Å². The van der Waals surface area contributed by atoms with E-state index < -0.39 is 0 Å². The summed E-state index contributed by atoms with van der Waals surface area (Å²) in [5.41, 5.74) is 6.10. The van der Waals surface area contributed by atoms with E-state index >= 15 is 0 Å². The van der Waals surface area contributed by atoms with Crippen LogP contribution >= 0.6 is 0 Å². The molecule has 20 heavy (non-hydrogen) atoms. The van der Waals surface area contributed by atoms with Crippen molar-refractivity contribution < 1.29 is 4.57 Å². The topological polar surface area (TPSA) is 16.8 Å². The fourth-order valence-electron chi connectivity index (χ4n) is 2.45. The van der Waals surface area contributed by atoms with E-state index in [0.29, 0.717) is 0 Å². The van der Waals surface area contributed by atoms with Gasteiger partial charge in [-0.05, 0) is 30.7 Å². The van der Waals surface area contributed by atoms with Gasteiger partial charge in [0.15, 0.2) is 6.20 Å². The SMILES string of the molecule is Cc1ccccc1-c1ccc(-c2cccnc2)c[n+]1C. The summed E-state index contributed by atoms with van der Waals surface area (Å²) in [6.07, 6.45) is 5.84. The lowest BCUT2D eigenvalue weighted by Gasteiger charge is -2.05. The number of nitrogens with zero attached hydrogens (tertiary/aromatic N) is 2. The second-order valence-corrected chi connectivity index (χ2v) is 4.97. The van der Waals surface area contributed by atoms with Gasteiger partial charge in [-0.1, -0.05) is 24.3 Å². The minimum atomic E-state index is 1.14. The molecule has 3 aromatic rings. The predicted molar refractivity (Wildman–Crippen MR) is 81.0 cm³/mol. The van der Waals surface area contributed by atoms with Crippen molar-refractivity contribution in [2.24, 2.45) is 7.05 Å². The van der Waals surface area contributed by atoms with Crippen molar-refractivity contribution in [1.82, 2.24) is 4.98 Å². The van der Waals surface area contributed by atoms with Crippen LogP contribution in [0.2, 0.25) is 0 Å². The molecule has 2 heteroatoms. The third kappa shape index (κ3) is 2.32. The number of benzene rings is 1. The Kier molecular flexibility index (Phi) is 3.30. The minimum absolute atomic E-state index is 1.14. The van der Waals surface area contributed by atoms with E-state index in [0.717, 1.165) is 5.56 Å². The lowest BCUT2D eigenvalue weighted by Crippen LogP contribution is -2.30. The van der Waals surface area contributed by atoms with Gasteiger partial charge in [0.2, 0.25) is 5.69 Å². The molecule has 98 valence electrons. The molecule has 2 heterocycles. The molecule has 0 aliphatic carbocycles. The zero-order valence-corrected chi connectivity index (χ0v) is 11.7. The minimum Gasteiger partial charge on any atom is -0.264 e. The monoisotopic (exact) mass is 261 g/mol. The first kappa shape index (κ1) is 12.5. The smallest absolute Gasteiger partial charge is 0.212 e. The molecule has 0 atom stereocenters. The van der Waals surface area contributed by atoms with Crippen LogP contribution in [-0.4, -0.2) is 4.98 Å². The Balaban J connectivity index is 2.07. The molecule has 0 saturated heterocycles. The van der Waals surface area contributed by atoms with E-state index in [1.807, 2.05) is 12.3 Å². The molecule has 0 bridgehead atoms. The van der Waals surface area contributed by atoms with Crippen LogP contribution in [0.25, 0.3) is 22.4 Å². The first-order valence-electron chi connectivity index (χ1n) is 6.72. The molecule has 2 aromatic heterocycles. The Labute approximate surface area is 119 Å². The molecule has 0 spiro atoms. The molecule has 3 rings (SSSR count). The van der Waals surface area contributed by atoms with Crippen molar-refractivity contribution in [2.75, 3.05) is 0 Å². The zero-order chi connectivity index (χ0) is 13.9. The van der Waals surface area contributed by atoms with E-state index in [2.05, 4.69) is 72.2 Å². The molecule has 0 aliphatic rings. The van der Waals surface area contributed by atoms with E-state index in [4.69, 9.17) is 0 Å². The average Bonchev–Trinajstić information content (AvgIpc) is 2.49. The average molecular weight is 261 g/mol. The normalized spacial score (nSPS) is 10.5. The second-order valence-electron chi connectivity index (χ2n) is 4.97. The number of hydrogen-bond acceptors (Lipinski definition) is 1. The van der Waals surface area contributed by atoms with Gasteiger partial charge in [-0.15, -0.1) is 0 Å². The number of hydrogen-bond donors (Lipinski definition) is 0. The summed E-state index contributed by atoms with van der Waals surface area (Å²) in [4.78, 5) is 4.18. The molecule has 1 aromatic carbocycles. The molecule has 0 N–H and O–H groups in total. The van der Waals surface area contributed by atoms with Crippen molar-refractivity contribution in [1.29, 1.82) is 0 Å². The van der Waals surface area contributed by atoms with E-state index in [1.54, 1.807) is 6.20 Å². The van der Waals surface area contributed by atoms with E-state index in [-0.39, 0.29) is 0 Å². The van der Waals surface area contributed by atoms with Crippen molar-refractivity contribution in [3.8, 4) is 22.4 Å². The number of aromatic nitrogens is 2. The van der Waals surface area contributed by atoms with Crippen molar-refractivity contribution >= 4 is 0 Å². The van der Waals surface area contributed by atoms with Crippen molar-refractivity contribution in [3.63, 3.8) is 0 Å². The standard InChI is InChI=1S/C18H17N2/c1-14-6-3-4-8-17(14)18-10-9-16(13-20(18)2)15-7-5-11-19-12-15/h3-13H,1-2H3/q+1. The Morgan fingerprint density at radius 3 is 2.45 bits per heavy atom. The fourth-order valence-corrected chi connectivity index (χ4v) is 2.45. The van der Waals surface area contributed by atoms with Gasteiger partial charge in [0, 0.05) is 35.2 Å². The number of rotatable bonds is 2. The maximum absolute atomic E-state index is 4.18. The van der Waals surface area contributed by atoms with Crippen LogP contribution in [0, 0.1) is 6.92 Å². The molecule has 0 aliphatic heterocycles. The summed E-state index contributed by atoms with van der Waals surface area (Å²) in [6.45, 7) is 2.14.